The van der Waals surface area contributed by atoms with E-state index in [-0.39, 0.29) is 5.97 Å². The molecule has 0 radical (unpaired) electrons. The summed E-state index contributed by atoms with van der Waals surface area (Å²) in [6, 6.07) is 0. The van der Waals surface area contributed by atoms with Crippen LogP contribution in [0.1, 0.15) is 23.1 Å². The van der Waals surface area contributed by atoms with Gasteiger partial charge in [0.15, 0.2) is 17.2 Å². The fourth-order valence-corrected chi connectivity index (χ4v) is 2.52. The number of hydrogen-bond acceptors (Lipinski definition) is 6. The summed E-state index contributed by atoms with van der Waals surface area (Å²) in [4.78, 5) is 23.2. The molecule has 1 saturated heterocycles. The largest absolute Gasteiger partial charge is 0.461 e. The number of ether oxygens (including phenoxy) is 2. The third kappa shape index (κ3) is 2.44. The number of aromatic nitrogens is 3. The number of fused-ring (bicyclic) bond motifs is 1. The van der Waals surface area contributed by atoms with E-state index >= 15 is 0 Å². The van der Waals surface area contributed by atoms with Gasteiger partial charge in [0.25, 0.3) is 0 Å². The molecule has 2 aromatic rings. The summed E-state index contributed by atoms with van der Waals surface area (Å²) in [7, 11) is 0. The van der Waals surface area contributed by atoms with Crippen LogP contribution < -0.4 is 4.90 Å². The van der Waals surface area contributed by atoms with Gasteiger partial charge in [-0.2, -0.15) is 0 Å². The fourth-order valence-electron chi connectivity index (χ4n) is 2.52. The number of anilines is 1. The molecule has 0 aliphatic carbocycles. The summed E-state index contributed by atoms with van der Waals surface area (Å²) in [5.41, 5.74) is 1.79. The van der Waals surface area contributed by atoms with Gasteiger partial charge < -0.3 is 14.4 Å². The van der Waals surface area contributed by atoms with Gasteiger partial charge in [0.05, 0.1) is 25.5 Å². The van der Waals surface area contributed by atoms with E-state index in [1.54, 1.807) is 23.7 Å². The van der Waals surface area contributed by atoms with Crippen molar-refractivity contribution in [1.29, 1.82) is 0 Å². The van der Waals surface area contributed by atoms with Gasteiger partial charge in [0, 0.05) is 25.5 Å². The molecule has 7 heteroatoms. The van der Waals surface area contributed by atoms with Crippen LogP contribution in [0.15, 0.2) is 12.4 Å². The average molecular weight is 290 g/mol. The third-order valence-corrected chi connectivity index (χ3v) is 3.48. The Balaban J connectivity index is 2.08. The van der Waals surface area contributed by atoms with Crippen LogP contribution in [0.4, 0.5) is 5.82 Å². The van der Waals surface area contributed by atoms with Crippen LogP contribution in [0.25, 0.3) is 5.65 Å². The van der Waals surface area contributed by atoms with Gasteiger partial charge in [-0.25, -0.2) is 14.8 Å². The molecule has 0 amide bonds. The van der Waals surface area contributed by atoms with Crippen LogP contribution in [-0.2, 0) is 9.47 Å². The van der Waals surface area contributed by atoms with Gasteiger partial charge in [-0.1, -0.05) is 0 Å². The first-order chi connectivity index (χ1) is 10.2. The number of imidazole rings is 1. The van der Waals surface area contributed by atoms with Crippen LogP contribution in [0.3, 0.4) is 0 Å². The molecule has 0 atom stereocenters. The SMILES string of the molecule is CCOC(=O)c1c(C)nc2c(N3CCOCC3)nccn12. The Morgan fingerprint density at radius 1 is 1.43 bits per heavy atom. The molecule has 21 heavy (non-hydrogen) atoms. The molecule has 7 nitrogen and oxygen atoms in total. The van der Waals surface area contributed by atoms with Crippen molar-refractivity contribution in [1.82, 2.24) is 14.4 Å². The first kappa shape index (κ1) is 13.8. The van der Waals surface area contributed by atoms with E-state index in [1.807, 2.05) is 6.92 Å². The highest BCUT2D eigenvalue weighted by Gasteiger charge is 2.22. The summed E-state index contributed by atoms with van der Waals surface area (Å²) in [6.45, 7) is 6.83. The Bertz CT molecular complexity index is 662. The molecule has 1 fully saturated rings. The maximum atomic E-state index is 12.1. The van der Waals surface area contributed by atoms with Crippen molar-refractivity contribution >= 4 is 17.4 Å². The summed E-state index contributed by atoms with van der Waals surface area (Å²) in [6.07, 6.45) is 3.42. The second kappa shape index (κ2) is 5.69. The van der Waals surface area contributed by atoms with Crippen LogP contribution in [0, 0.1) is 6.92 Å². The molecule has 0 aromatic carbocycles. The Labute approximate surface area is 122 Å². The predicted molar refractivity (Wildman–Crippen MR) is 76.7 cm³/mol. The molecule has 1 aliphatic rings. The minimum absolute atomic E-state index is 0.340. The lowest BCUT2D eigenvalue weighted by Crippen LogP contribution is -2.37. The van der Waals surface area contributed by atoms with E-state index in [1.165, 1.54) is 0 Å². The van der Waals surface area contributed by atoms with Crippen molar-refractivity contribution in [3.63, 3.8) is 0 Å². The number of esters is 1. The minimum atomic E-state index is -0.360. The lowest BCUT2D eigenvalue weighted by Gasteiger charge is -2.27. The molecule has 1 aliphatic heterocycles. The van der Waals surface area contributed by atoms with Crippen LogP contribution in [-0.4, -0.2) is 53.2 Å². The molecule has 0 N–H and O–H groups in total. The van der Waals surface area contributed by atoms with E-state index in [4.69, 9.17) is 9.47 Å². The fraction of sp³-hybridized carbons (Fsp3) is 0.500. The molecular weight excluding hydrogens is 272 g/mol. The lowest BCUT2D eigenvalue weighted by molar-refractivity contribution is 0.0517. The first-order valence-electron chi connectivity index (χ1n) is 7.06. The predicted octanol–water partition coefficient (Wildman–Crippen LogP) is 1.05. The topological polar surface area (TPSA) is 69.0 Å². The smallest absolute Gasteiger partial charge is 0.357 e. The van der Waals surface area contributed by atoms with Crippen molar-refractivity contribution in [2.75, 3.05) is 37.8 Å². The van der Waals surface area contributed by atoms with Gasteiger partial charge >= 0.3 is 5.97 Å². The van der Waals surface area contributed by atoms with E-state index in [9.17, 15) is 4.79 Å². The zero-order valence-electron chi connectivity index (χ0n) is 12.2. The summed E-state index contributed by atoms with van der Waals surface area (Å²) in [5.74, 6) is 0.418. The van der Waals surface area contributed by atoms with Crippen molar-refractivity contribution in [2.24, 2.45) is 0 Å². The molecule has 2 aromatic heterocycles. The standard InChI is InChI=1S/C14H18N4O3/c1-3-21-14(19)11-10(2)16-13-12(15-4-5-18(11)13)17-6-8-20-9-7-17/h4-5H,3,6-9H2,1-2H3. The molecule has 0 unspecified atom stereocenters. The number of nitrogens with zero attached hydrogens (tertiary/aromatic N) is 4. The second-order valence-corrected chi connectivity index (χ2v) is 4.81. The average Bonchev–Trinajstić information content (AvgIpc) is 2.84. The Morgan fingerprint density at radius 3 is 2.90 bits per heavy atom. The number of hydrogen-bond donors (Lipinski definition) is 0. The van der Waals surface area contributed by atoms with E-state index in [0.717, 1.165) is 18.9 Å². The quantitative estimate of drug-likeness (QED) is 0.787. The second-order valence-electron chi connectivity index (χ2n) is 4.81. The van der Waals surface area contributed by atoms with Gasteiger partial charge in [0.1, 0.15) is 0 Å². The number of carbonyl (C=O) groups excluding carboxylic acids is 1. The van der Waals surface area contributed by atoms with Gasteiger partial charge in [-0.3, -0.25) is 4.40 Å². The Hall–Kier alpha value is -2.15. The van der Waals surface area contributed by atoms with Crippen LogP contribution in [0.2, 0.25) is 0 Å². The van der Waals surface area contributed by atoms with E-state index < -0.39 is 0 Å². The molecule has 112 valence electrons. The normalized spacial score (nSPS) is 15.4. The van der Waals surface area contributed by atoms with Crippen molar-refractivity contribution in [3.05, 3.63) is 23.8 Å². The number of carbonyl (C=O) groups is 1. The maximum absolute atomic E-state index is 12.1. The van der Waals surface area contributed by atoms with E-state index in [2.05, 4.69) is 14.9 Å². The zero-order valence-corrected chi connectivity index (χ0v) is 12.2. The highest BCUT2D eigenvalue weighted by Crippen LogP contribution is 2.22. The van der Waals surface area contributed by atoms with Crippen molar-refractivity contribution < 1.29 is 14.3 Å². The van der Waals surface area contributed by atoms with Gasteiger partial charge in [-0.15, -0.1) is 0 Å². The zero-order chi connectivity index (χ0) is 14.8. The van der Waals surface area contributed by atoms with Crippen molar-refractivity contribution in [3.8, 4) is 0 Å². The number of rotatable bonds is 3. The molecule has 0 spiro atoms. The molecule has 3 rings (SSSR count). The summed E-state index contributed by atoms with van der Waals surface area (Å²) < 4.78 is 12.2. The maximum Gasteiger partial charge on any atom is 0.357 e. The molecule has 0 bridgehead atoms. The molecule has 0 saturated carbocycles. The molecular formula is C14H18N4O3. The Kier molecular flexibility index (Phi) is 3.74. The first-order valence-corrected chi connectivity index (χ1v) is 7.06. The van der Waals surface area contributed by atoms with Crippen LogP contribution >= 0.6 is 0 Å². The van der Waals surface area contributed by atoms with Gasteiger partial charge in [0.2, 0.25) is 0 Å². The monoisotopic (exact) mass is 290 g/mol. The van der Waals surface area contributed by atoms with E-state index in [0.29, 0.717) is 36.9 Å². The highest BCUT2D eigenvalue weighted by atomic mass is 16.5. The highest BCUT2D eigenvalue weighted by molar-refractivity contribution is 5.90. The van der Waals surface area contributed by atoms with Crippen molar-refractivity contribution in [2.45, 2.75) is 13.8 Å². The Morgan fingerprint density at radius 2 is 2.19 bits per heavy atom. The third-order valence-electron chi connectivity index (χ3n) is 3.48. The summed E-state index contributed by atoms with van der Waals surface area (Å²) >= 11 is 0. The lowest BCUT2D eigenvalue weighted by atomic mass is 10.3. The number of aryl methyl sites for hydroxylation is 1. The van der Waals surface area contributed by atoms with Crippen LogP contribution in [0.5, 0.6) is 0 Å². The summed E-state index contributed by atoms with van der Waals surface area (Å²) in [5, 5.41) is 0. The molecule has 3 heterocycles. The number of morpholine rings is 1. The minimum Gasteiger partial charge on any atom is -0.461 e. The van der Waals surface area contributed by atoms with Gasteiger partial charge in [-0.05, 0) is 13.8 Å².